The van der Waals surface area contributed by atoms with Crippen molar-refractivity contribution in [3.63, 3.8) is 0 Å². The molecule has 2 rings (SSSR count). The van der Waals surface area contributed by atoms with Crippen molar-refractivity contribution in [2.45, 2.75) is 44.6 Å². The Balaban J connectivity index is 1.90. The number of rotatable bonds is 4. The van der Waals surface area contributed by atoms with Gasteiger partial charge < -0.3 is 10.2 Å². The molecule has 110 valence electrons. The number of halogens is 1. The van der Waals surface area contributed by atoms with Crippen molar-refractivity contribution >= 4 is 17.4 Å². The van der Waals surface area contributed by atoms with Crippen molar-refractivity contribution in [1.29, 1.82) is 0 Å². The van der Waals surface area contributed by atoms with Crippen LogP contribution in [0.2, 0.25) is 5.02 Å². The predicted octanol–water partition coefficient (Wildman–Crippen LogP) is 3.30. The summed E-state index contributed by atoms with van der Waals surface area (Å²) in [6, 6.07) is 7.69. The molecular formula is C15H22ClN3O. The monoisotopic (exact) mass is 295 g/mol. The minimum absolute atomic E-state index is 0.341. The number of nitrogens with two attached hydrogens (primary N) is 1. The van der Waals surface area contributed by atoms with Gasteiger partial charge in [-0.05, 0) is 31.0 Å². The van der Waals surface area contributed by atoms with Gasteiger partial charge in [-0.2, -0.15) is 0 Å². The highest BCUT2D eigenvalue weighted by atomic mass is 35.5. The molecule has 1 fully saturated rings. The molecule has 5 heteroatoms. The van der Waals surface area contributed by atoms with Crippen LogP contribution in [0.1, 0.15) is 38.5 Å². The van der Waals surface area contributed by atoms with Crippen LogP contribution in [0.25, 0.3) is 0 Å². The molecule has 1 saturated carbocycles. The third-order valence-electron chi connectivity index (χ3n) is 3.50. The molecule has 1 aliphatic rings. The van der Waals surface area contributed by atoms with Gasteiger partial charge in [0.15, 0.2) is 0 Å². The molecule has 0 heterocycles. The van der Waals surface area contributed by atoms with Crippen LogP contribution in [0.5, 0.6) is 5.75 Å². The van der Waals surface area contributed by atoms with Gasteiger partial charge in [0.05, 0.1) is 6.04 Å². The summed E-state index contributed by atoms with van der Waals surface area (Å²) in [6.45, 7) is 0.341. The van der Waals surface area contributed by atoms with Crippen LogP contribution >= 0.6 is 11.6 Å². The fourth-order valence-electron chi connectivity index (χ4n) is 2.43. The zero-order valence-electron chi connectivity index (χ0n) is 11.6. The summed E-state index contributed by atoms with van der Waals surface area (Å²) in [4.78, 5) is 4.67. The van der Waals surface area contributed by atoms with Gasteiger partial charge >= 0.3 is 0 Å². The van der Waals surface area contributed by atoms with E-state index in [-0.39, 0.29) is 0 Å². The predicted molar refractivity (Wildman–Crippen MR) is 83.2 cm³/mol. The first-order valence-corrected chi connectivity index (χ1v) is 7.57. The molecule has 0 spiro atoms. The summed E-state index contributed by atoms with van der Waals surface area (Å²) < 4.78 is 5.65. The second-order valence-electron chi connectivity index (χ2n) is 5.11. The Kier molecular flexibility index (Phi) is 6.15. The highest BCUT2D eigenvalue weighted by molar-refractivity contribution is 6.30. The molecule has 0 atom stereocenters. The summed E-state index contributed by atoms with van der Waals surface area (Å²) in [5.74, 6) is 6.95. The number of amidine groups is 1. The molecule has 3 N–H and O–H groups in total. The first kappa shape index (κ1) is 15.1. The Morgan fingerprint density at radius 2 is 2.05 bits per heavy atom. The Bertz CT molecular complexity index is 442. The van der Waals surface area contributed by atoms with E-state index in [1.165, 1.54) is 25.7 Å². The fraction of sp³-hybridized carbons (Fsp3) is 0.533. The Morgan fingerprint density at radius 3 is 2.70 bits per heavy atom. The van der Waals surface area contributed by atoms with E-state index in [2.05, 4.69) is 10.4 Å². The van der Waals surface area contributed by atoms with Crippen LogP contribution in [0.15, 0.2) is 29.3 Å². The number of benzene rings is 1. The number of hydrogen-bond acceptors (Lipinski definition) is 3. The lowest BCUT2D eigenvalue weighted by Crippen LogP contribution is -2.36. The van der Waals surface area contributed by atoms with Gasteiger partial charge in [-0.25, -0.2) is 5.84 Å². The average Bonchev–Trinajstić information content (AvgIpc) is 2.72. The molecule has 0 saturated heterocycles. The van der Waals surface area contributed by atoms with Crippen molar-refractivity contribution < 1.29 is 4.74 Å². The topological polar surface area (TPSA) is 59.6 Å². The van der Waals surface area contributed by atoms with E-state index in [1.54, 1.807) is 6.07 Å². The summed E-state index contributed by atoms with van der Waals surface area (Å²) in [5, 5.41) is 0.658. The lowest BCUT2D eigenvalue weighted by molar-refractivity contribution is 0.370. The van der Waals surface area contributed by atoms with Crippen LogP contribution < -0.4 is 16.0 Å². The van der Waals surface area contributed by atoms with Crippen LogP contribution in [-0.2, 0) is 0 Å². The van der Waals surface area contributed by atoms with Crippen LogP contribution in [0.4, 0.5) is 0 Å². The molecule has 1 aliphatic carbocycles. The molecular weight excluding hydrogens is 274 g/mol. The van der Waals surface area contributed by atoms with Gasteiger partial charge in [-0.15, -0.1) is 0 Å². The SMILES string of the molecule is NNC(COc1cccc(Cl)c1)=NC1CCCCCC1. The first-order chi connectivity index (χ1) is 9.78. The average molecular weight is 296 g/mol. The van der Waals surface area contributed by atoms with Crippen LogP contribution in [0.3, 0.4) is 0 Å². The van der Waals surface area contributed by atoms with Crippen molar-refractivity contribution in [3.05, 3.63) is 29.3 Å². The standard InChI is InChI=1S/C15H22ClN3O/c16-12-6-5-9-14(10-12)20-11-15(19-17)18-13-7-3-1-2-4-8-13/h5-6,9-10,13H,1-4,7-8,11,17H2,(H,18,19). The van der Waals surface area contributed by atoms with Gasteiger partial charge in [-0.1, -0.05) is 43.4 Å². The third-order valence-corrected chi connectivity index (χ3v) is 3.74. The van der Waals surface area contributed by atoms with Crippen molar-refractivity contribution in [1.82, 2.24) is 5.43 Å². The molecule has 4 nitrogen and oxygen atoms in total. The Hall–Kier alpha value is -1.26. The van der Waals surface area contributed by atoms with Crippen molar-refractivity contribution in [3.8, 4) is 5.75 Å². The van der Waals surface area contributed by atoms with E-state index in [9.17, 15) is 0 Å². The normalized spacial score (nSPS) is 17.6. The summed E-state index contributed by atoms with van der Waals surface area (Å²) >= 11 is 5.92. The summed E-state index contributed by atoms with van der Waals surface area (Å²) in [7, 11) is 0. The highest BCUT2D eigenvalue weighted by Crippen LogP contribution is 2.20. The Morgan fingerprint density at radius 1 is 1.30 bits per heavy atom. The number of nitrogens with zero attached hydrogens (tertiary/aromatic N) is 1. The largest absolute Gasteiger partial charge is 0.486 e. The van der Waals surface area contributed by atoms with E-state index in [0.29, 0.717) is 23.5 Å². The molecule has 0 unspecified atom stereocenters. The summed E-state index contributed by atoms with van der Waals surface area (Å²) in [6.07, 6.45) is 7.42. The molecule has 0 amide bonds. The van der Waals surface area contributed by atoms with E-state index >= 15 is 0 Å². The van der Waals surface area contributed by atoms with E-state index in [1.807, 2.05) is 18.2 Å². The number of nitrogens with one attached hydrogen (secondary N) is 1. The van der Waals surface area contributed by atoms with Gasteiger partial charge in [0.1, 0.15) is 18.2 Å². The molecule has 0 aromatic heterocycles. The quantitative estimate of drug-likeness (QED) is 0.294. The van der Waals surface area contributed by atoms with Gasteiger partial charge in [0.25, 0.3) is 0 Å². The fourth-order valence-corrected chi connectivity index (χ4v) is 2.61. The highest BCUT2D eigenvalue weighted by Gasteiger charge is 2.12. The maximum atomic E-state index is 5.92. The number of hydrazine groups is 1. The lowest BCUT2D eigenvalue weighted by atomic mass is 10.1. The molecule has 0 aliphatic heterocycles. The maximum Gasteiger partial charge on any atom is 0.149 e. The first-order valence-electron chi connectivity index (χ1n) is 7.19. The van der Waals surface area contributed by atoms with E-state index < -0.39 is 0 Å². The molecule has 0 radical (unpaired) electrons. The molecule has 20 heavy (non-hydrogen) atoms. The van der Waals surface area contributed by atoms with Gasteiger partial charge in [0.2, 0.25) is 0 Å². The minimum atomic E-state index is 0.341. The zero-order valence-corrected chi connectivity index (χ0v) is 12.4. The van der Waals surface area contributed by atoms with Gasteiger partial charge in [0, 0.05) is 5.02 Å². The minimum Gasteiger partial charge on any atom is -0.486 e. The molecule has 1 aromatic rings. The van der Waals surface area contributed by atoms with Crippen molar-refractivity contribution in [2.24, 2.45) is 10.8 Å². The van der Waals surface area contributed by atoms with Crippen LogP contribution in [-0.4, -0.2) is 18.5 Å². The molecule has 0 bridgehead atoms. The second-order valence-corrected chi connectivity index (χ2v) is 5.55. The maximum absolute atomic E-state index is 5.92. The van der Waals surface area contributed by atoms with Crippen molar-refractivity contribution in [2.75, 3.05) is 6.61 Å². The van der Waals surface area contributed by atoms with E-state index in [0.717, 1.165) is 18.6 Å². The smallest absolute Gasteiger partial charge is 0.149 e. The second kappa shape index (κ2) is 8.12. The zero-order chi connectivity index (χ0) is 14.2. The van der Waals surface area contributed by atoms with Crippen LogP contribution in [0, 0.1) is 0 Å². The van der Waals surface area contributed by atoms with E-state index in [4.69, 9.17) is 22.2 Å². The summed E-state index contributed by atoms with van der Waals surface area (Å²) in [5.41, 5.74) is 2.65. The number of ether oxygens (including phenoxy) is 1. The molecule has 1 aromatic carbocycles. The lowest BCUT2D eigenvalue weighted by Gasteiger charge is -2.13. The number of aliphatic imine (C=N–C) groups is 1. The Labute approximate surface area is 125 Å². The number of hydrogen-bond donors (Lipinski definition) is 2. The third kappa shape index (κ3) is 5.02. The van der Waals surface area contributed by atoms with Gasteiger partial charge in [-0.3, -0.25) is 4.99 Å².